The molecule has 0 unspecified atom stereocenters. The molecule has 0 saturated heterocycles. The fraction of sp³-hybridized carbons (Fsp3) is 0.667. The van der Waals surface area contributed by atoms with Gasteiger partial charge in [0.25, 0.3) is 0 Å². The predicted molar refractivity (Wildman–Crippen MR) is 61.8 cm³/mol. The lowest BCUT2D eigenvalue weighted by Crippen LogP contribution is -1.99. The van der Waals surface area contributed by atoms with Gasteiger partial charge in [0.1, 0.15) is 0 Å². The zero-order chi connectivity index (χ0) is 10.1. The smallest absolute Gasteiger partial charge is 0.0514 e. The molecule has 0 bridgehead atoms. The summed E-state index contributed by atoms with van der Waals surface area (Å²) < 4.78 is 5.55. The lowest BCUT2D eigenvalue weighted by molar-refractivity contribution is 0.133. The Balaban J connectivity index is 1.85. The molecule has 0 spiro atoms. The Morgan fingerprint density at radius 1 is 1.29 bits per heavy atom. The van der Waals surface area contributed by atoms with Crippen molar-refractivity contribution in [3.05, 3.63) is 22.4 Å². The highest BCUT2D eigenvalue weighted by Gasteiger charge is 1.94. The van der Waals surface area contributed by atoms with Crippen LogP contribution in [0, 0.1) is 5.38 Å². The summed E-state index contributed by atoms with van der Waals surface area (Å²) in [5, 5.41) is 3.08. The van der Waals surface area contributed by atoms with E-state index in [0.29, 0.717) is 0 Å². The SMILES string of the molecule is CCCCCCOCCc1cc[c]s1. The van der Waals surface area contributed by atoms with Gasteiger partial charge in [-0.25, -0.2) is 0 Å². The van der Waals surface area contributed by atoms with Crippen LogP contribution in [0.25, 0.3) is 0 Å². The van der Waals surface area contributed by atoms with Gasteiger partial charge >= 0.3 is 0 Å². The third-order valence-corrected chi connectivity index (χ3v) is 3.02. The molecule has 14 heavy (non-hydrogen) atoms. The van der Waals surface area contributed by atoms with Crippen molar-refractivity contribution < 1.29 is 4.74 Å². The molecular weight excluding hydrogens is 192 g/mol. The van der Waals surface area contributed by atoms with Crippen molar-refractivity contribution in [2.24, 2.45) is 0 Å². The number of ether oxygens (including phenoxy) is 1. The predicted octanol–water partition coefficient (Wildman–Crippen LogP) is 3.69. The molecule has 0 amide bonds. The highest BCUT2D eigenvalue weighted by Crippen LogP contribution is 2.08. The van der Waals surface area contributed by atoms with Crippen LogP contribution in [0.2, 0.25) is 0 Å². The molecule has 1 nitrogen and oxygen atoms in total. The van der Waals surface area contributed by atoms with E-state index in [-0.39, 0.29) is 0 Å². The molecule has 1 rings (SSSR count). The average Bonchev–Trinajstić information content (AvgIpc) is 2.69. The third-order valence-electron chi connectivity index (χ3n) is 2.16. The molecule has 0 aliphatic rings. The normalized spacial score (nSPS) is 10.6. The molecule has 1 radical (unpaired) electrons. The molecule has 2 heteroatoms. The topological polar surface area (TPSA) is 9.23 Å². The van der Waals surface area contributed by atoms with Gasteiger partial charge in [0, 0.05) is 23.3 Å². The van der Waals surface area contributed by atoms with E-state index < -0.39 is 0 Å². The highest BCUT2D eigenvalue weighted by atomic mass is 32.1. The van der Waals surface area contributed by atoms with Crippen LogP contribution in [0.4, 0.5) is 0 Å². The van der Waals surface area contributed by atoms with Crippen LogP contribution in [0.1, 0.15) is 37.5 Å². The first-order valence-corrected chi connectivity index (χ1v) is 6.27. The van der Waals surface area contributed by atoms with Gasteiger partial charge in [-0.05, 0) is 18.6 Å². The Bertz CT molecular complexity index is 206. The minimum Gasteiger partial charge on any atom is -0.381 e. The molecule has 0 aromatic carbocycles. The van der Waals surface area contributed by atoms with Gasteiger partial charge in [0.2, 0.25) is 0 Å². The van der Waals surface area contributed by atoms with Crippen LogP contribution in [-0.4, -0.2) is 13.2 Å². The third kappa shape index (κ3) is 5.40. The summed E-state index contributed by atoms with van der Waals surface area (Å²) in [5.74, 6) is 0. The maximum absolute atomic E-state index is 5.55. The largest absolute Gasteiger partial charge is 0.381 e. The quantitative estimate of drug-likeness (QED) is 0.596. The van der Waals surface area contributed by atoms with Crippen molar-refractivity contribution in [3.63, 3.8) is 0 Å². The van der Waals surface area contributed by atoms with E-state index in [1.54, 1.807) is 11.3 Å². The zero-order valence-electron chi connectivity index (χ0n) is 8.92. The number of hydrogen-bond donors (Lipinski definition) is 0. The van der Waals surface area contributed by atoms with E-state index in [1.807, 2.05) is 6.07 Å². The molecule has 0 aliphatic heterocycles. The fourth-order valence-electron chi connectivity index (χ4n) is 1.31. The summed E-state index contributed by atoms with van der Waals surface area (Å²) in [6.07, 6.45) is 6.20. The van der Waals surface area contributed by atoms with Crippen LogP contribution in [0.15, 0.2) is 12.1 Å². The van der Waals surface area contributed by atoms with Crippen LogP contribution < -0.4 is 0 Å². The Hall–Kier alpha value is -0.340. The van der Waals surface area contributed by atoms with Gasteiger partial charge in [0.05, 0.1) is 6.61 Å². The van der Waals surface area contributed by atoms with Gasteiger partial charge < -0.3 is 4.74 Å². The summed E-state index contributed by atoms with van der Waals surface area (Å²) in [4.78, 5) is 1.37. The molecular formula is C12H19OS. The van der Waals surface area contributed by atoms with Crippen molar-refractivity contribution in [3.8, 4) is 0 Å². The lowest BCUT2D eigenvalue weighted by Gasteiger charge is -2.02. The molecule has 1 heterocycles. The average molecular weight is 211 g/mol. The summed E-state index contributed by atoms with van der Waals surface area (Å²) in [5.41, 5.74) is 0. The first-order valence-electron chi connectivity index (χ1n) is 5.46. The van der Waals surface area contributed by atoms with E-state index >= 15 is 0 Å². The number of unbranched alkanes of at least 4 members (excludes halogenated alkanes) is 3. The van der Waals surface area contributed by atoms with Crippen molar-refractivity contribution in [2.75, 3.05) is 13.2 Å². The lowest BCUT2D eigenvalue weighted by atomic mass is 10.2. The second kappa shape index (κ2) is 8.01. The van der Waals surface area contributed by atoms with Crippen LogP contribution in [0.5, 0.6) is 0 Å². The van der Waals surface area contributed by atoms with Crippen LogP contribution in [0.3, 0.4) is 0 Å². The maximum Gasteiger partial charge on any atom is 0.0514 e. The molecule has 0 saturated carbocycles. The summed E-state index contributed by atoms with van der Waals surface area (Å²) in [6.45, 7) is 4.02. The molecule has 0 atom stereocenters. The van der Waals surface area contributed by atoms with Crippen LogP contribution in [-0.2, 0) is 11.2 Å². The monoisotopic (exact) mass is 211 g/mol. The molecule has 0 fully saturated rings. The van der Waals surface area contributed by atoms with Gasteiger partial charge in [-0.15, -0.1) is 11.3 Å². The Kier molecular flexibility index (Phi) is 6.71. The molecule has 1 aromatic rings. The second-order valence-electron chi connectivity index (χ2n) is 3.44. The van der Waals surface area contributed by atoms with Gasteiger partial charge in [-0.3, -0.25) is 0 Å². The van der Waals surface area contributed by atoms with E-state index in [4.69, 9.17) is 4.74 Å². The summed E-state index contributed by atoms with van der Waals surface area (Å²) in [7, 11) is 0. The molecule has 79 valence electrons. The van der Waals surface area contributed by atoms with E-state index in [9.17, 15) is 0 Å². The molecule has 1 aromatic heterocycles. The molecule has 0 aliphatic carbocycles. The van der Waals surface area contributed by atoms with Crippen molar-refractivity contribution in [1.82, 2.24) is 0 Å². The summed E-state index contributed by atoms with van der Waals surface area (Å²) in [6, 6.07) is 4.09. The van der Waals surface area contributed by atoms with Gasteiger partial charge in [-0.2, -0.15) is 0 Å². The van der Waals surface area contributed by atoms with Crippen molar-refractivity contribution >= 4 is 11.3 Å². The minimum absolute atomic E-state index is 0.862. The van der Waals surface area contributed by atoms with Gasteiger partial charge in [-0.1, -0.05) is 26.2 Å². The first-order chi connectivity index (χ1) is 6.93. The van der Waals surface area contributed by atoms with E-state index in [1.165, 1.54) is 30.6 Å². The fourth-order valence-corrected chi connectivity index (χ4v) is 1.92. The van der Waals surface area contributed by atoms with E-state index in [0.717, 1.165) is 19.6 Å². The number of hydrogen-bond acceptors (Lipinski definition) is 2. The minimum atomic E-state index is 0.862. The second-order valence-corrected chi connectivity index (χ2v) is 4.41. The van der Waals surface area contributed by atoms with Crippen molar-refractivity contribution in [1.29, 1.82) is 0 Å². The molecule has 0 N–H and O–H groups in total. The van der Waals surface area contributed by atoms with Crippen molar-refractivity contribution in [2.45, 2.75) is 39.0 Å². The standard InChI is InChI=1S/C12H19OS/c1-2-3-4-5-9-13-10-8-12-7-6-11-14-12/h6-7H,2-5,8-10H2,1H3. The van der Waals surface area contributed by atoms with Crippen LogP contribution >= 0.6 is 11.3 Å². The highest BCUT2D eigenvalue weighted by molar-refractivity contribution is 7.09. The number of thiophene rings is 1. The maximum atomic E-state index is 5.55. The Labute approximate surface area is 91.1 Å². The zero-order valence-corrected chi connectivity index (χ0v) is 9.74. The van der Waals surface area contributed by atoms with Gasteiger partial charge in [0.15, 0.2) is 0 Å². The Morgan fingerprint density at radius 2 is 2.21 bits per heavy atom. The number of rotatable bonds is 8. The Morgan fingerprint density at radius 3 is 2.93 bits per heavy atom. The summed E-state index contributed by atoms with van der Waals surface area (Å²) >= 11 is 1.69. The van der Waals surface area contributed by atoms with E-state index in [2.05, 4.69) is 18.4 Å². The first kappa shape index (κ1) is 11.7.